The predicted octanol–water partition coefficient (Wildman–Crippen LogP) is 3.33. The zero-order chi connectivity index (χ0) is 12.0. The van der Waals surface area contributed by atoms with Crippen LogP contribution >= 0.6 is 11.6 Å². The third-order valence-corrected chi connectivity index (χ3v) is 2.33. The second-order valence-corrected chi connectivity index (χ2v) is 4.43. The molecule has 0 aliphatic carbocycles. The van der Waals surface area contributed by atoms with Gasteiger partial charge in [0.25, 0.3) is 0 Å². The van der Waals surface area contributed by atoms with E-state index in [4.69, 9.17) is 16.3 Å². The number of esters is 1. The maximum atomic E-state index is 11.5. The zero-order valence-corrected chi connectivity index (χ0v) is 10.3. The molecule has 1 rings (SSSR count). The van der Waals surface area contributed by atoms with Crippen LogP contribution in [0.15, 0.2) is 18.3 Å². The number of pyridine rings is 1. The Morgan fingerprint density at radius 3 is 2.94 bits per heavy atom. The first-order valence-electron chi connectivity index (χ1n) is 5.38. The van der Waals surface area contributed by atoms with Crippen LogP contribution in [0.3, 0.4) is 0 Å². The van der Waals surface area contributed by atoms with Crippen molar-refractivity contribution in [3.05, 3.63) is 29.0 Å². The van der Waals surface area contributed by atoms with Crippen LogP contribution in [0.2, 0.25) is 5.15 Å². The fraction of sp³-hybridized carbons (Fsp3) is 0.500. The molecular formula is C12H16ClNO2. The van der Waals surface area contributed by atoms with Crippen LogP contribution in [-0.4, -0.2) is 17.6 Å². The summed E-state index contributed by atoms with van der Waals surface area (Å²) in [6.45, 7) is 4.74. The van der Waals surface area contributed by atoms with Crippen LogP contribution in [0.25, 0.3) is 0 Å². The van der Waals surface area contributed by atoms with E-state index < -0.39 is 0 Å². The summed E-state index contributed by atoms with van der Waals surface area (Å²) in [7, 11) is 0. The zero-order valence-electron chi connectivity index (χ0n) is 9.57. The fourth-order valence-electron chi connectivity index (χ4n) is 1.27. The van der Waals surface area contributed by atoms with Gasteiger partial charge in [0.2, 0.25) is 0 Å². The molecule has 0 atom stereocenters. The summed E-state index contributed by atoms with van der Waals surface area (Å²) in [4.78, 5) is 15.3. The monoisotopic (exact) mass is 241 g/mol. The Labute approximate surface area is 101 Å². The number of hydrogen-bond donors (Lipinski definition) is 0. The Bertz CT molecular complexity index is 353. The van der Waals surface area contributed by atoms with E-state index in [0.29, 0.717) is 23.2 Å². The number of nitrogens with zero attached hydrogens (tertiary/aromatic N) is 1. The highest BCUT2D eigenvalue weighted by molar-refractivity contribution is 6.29. The lowest BCUT2D eigenvalue weighted by Crippen LogP contribution is -2.07. The number of aromatic nitrogens is 1. The van der Waals surface area contributed by atoms with Crippen LogP contribution in [0, 0.1) is 5.92 Å². The van der Waals surface area contributed by atoms with Crippen molar-refractivity contribution in [2.75, 3.05) is 6.61 Å². The minimum absolute atomic E-state index is 0.302. The van der Waals surface area contributed by atoms with Crippen LogP contribution < -0.4 is 0 Å². The van der Waals surface area contributed by atoms with Gasteiger partial charge in [-0.25, -0.2) is 9.78 Å². The molecule has 1 heterocycles. The third kappa shape index (κ3) is 4.62. The number of halogens is 1. The highest BCUT2D eigenvalue weighted by atomic mass is 35.5. The second-order valence-electron chi connectivity index (χ2n) is 4.04. The van der Waals surface area contributed by atoms with Crippen LogP contribution in [0.1, 0.15) is 37.0 Å². The van der Waals surface area contributed by atoms with Gasteiger partial charge in [0.15, 0.2) is 0 Å². The largest absolute Gasteiger partial charge is 0.462 e. The van der Waals surface area contributed by atoms with E-state index in [9.17, 15) is 4.79 Å². The molecule has 16 heavy (non-hydrogen) atoms. The predicted molar refractivity (Wildman–Crippen MR) is 63.6 cm³/mol. The molecule has 0 radical (unpaired) electrons. The summed E-state index contributed by atoms with van der Waals surface area (Å²) in [6, 6.07) is 3.10. The molecule has 3 nitrogen and oxygen atoms in total. The van der Waals surface area contributed by atoms with Gasteiger partial charge in [-0.1, -0.05) is 25.4 Å². The van der Waals surface area contributed by atoms with Gasteiger partial charge in [-0.3, -0.25) is 0 Å². The van der Waals surface area contributed by atoms with Gasteiger partial charge < -0.3 is 4.74 Å². The molecule has 1 aromatic rings. The van der Waals surface area contributed by atoms with Crippen molar-refractivity contribution in [3.8, 4) is 0 Å². The van der Waals surface area contributed by atoms with Gasteiger partial charge in [0.05, 0.1) is 12.2 Å². The minimum Gasteiger partial charge on any atom is -0.462 e. The summed E-state index contributed by atoms with van der Waals surface area (Å²) in [5.74, 6) is 0.294. The lowest BCUT2D eigenvalue weighted by atomic mass is 10.1. The van der Waals surface area contributed by atoms with E-state index in [1.54, 1.807) is 6.07 Å². The lowest BCUT2D eigenvalue weighted by molar-refractivity contribution is 0.0494. The number of rotatable bonds is 5. The highest BCUT2D eigenvalue weighted by Gasteiger charge is 2.07. The van der Waals surface area contributed by atoms with Gasteiger partial charge in [-0.15, -0.1) is 0 Å². The van der Waals surface area contributed by atoms with E-state index in [1.165, 1.54) is 12.3 Å². The molecule has 0 aliphatic rings. The van der Waals surface area contributed by atoms with Crippen molar-refractivity contribution < 1.29 is 9.53 Å². The second kappa shape index (κ2) is 6.48. The van der Waals surface area contributed by atoms with E-state index in [2.05, 4.69) is 18.8 Å². The maximum Gasteiger partial charge on any atom is 0.338 e. The summed E-state index contributed by atoms with van der Waals surface area (Å²) in [5, 5.41) is 0.302. The average Bonchev–Trinajstić information content (AvgIpc) is 2.24. The van der Waals surface area contributed by atoms with Crippen molar-refractivity contribution in [1.29, 1.82) is 0 Å². The molecular weight excluding hydrogens is 226 g/mol. The van der Waals surface area contributed by atoms with E-state index >= 15 is 0 Å². The number of carbonyl (C=O) groups is 1. The lowest BCUT2D eigenvalue weighted by Gasteiger charge is -2.06. The van der Waals surface area contributed by atoms with Gasteiger partial charge >= 0.3 is 5.97 Å². The Hall–Kier alpha value is -1.09. The summed E-state index contributed by atoms with van der Waals surface area (Å²) >= 11 is 5.67. The highest BCUT2D eigenvalue weighted by Crippen LogP contribution is 2.09. The van der Waals surface area contributed by atoms with Gasteiger partial charge in [0.1, 0.15) is 5.15 Å². The molecule has 0 aromatic carbocycles. The van der Waals surface area contributed by atoms with Crippen LogP contribution in [-0.2, 0) is 4.74 Å². The number of carbonyl (C=O) groups excluding carboxylic acids is 1. The van der Waals surface area contributed by atoms with Crippen molar-refractivity contribution in [2.24, 2.45) is 5.92 Å². The summed E-state index contributed by atoms with van der Waals surface area (Å²) < 4.78 is 5.11. The Balaban J connectivity index is 2.35. The normalized spacial score (nSPS) is 10.5. The first-order valence-corrected chi connectivity index (χ1v) is 5.76. The van der Waals surface area contributed by atoms with Crippen LogP contribution in [0.4, 0.5) is 0 Å². The topological polar surface area (TPSA) is 39.2 Å². The quantitative estimate of drug-likeness (QED) is 0.451. The van der Waals surface area contributed by atoms with Crippen molar-refractivity contribution in [1.82, 2.24) is 4.98 Å². The Morgan fingerprint density at radius 2 is 2.31 bits per heavy atom. The first kappa shape index (κ1) is 13.0. The maximum absolute atomic E-state index is 11.5. The smallest absolute Gasteiger partial charge is 0.338 e. The molecule has 4 heteroatoms. The molecule has 0 saturated heterocycles. The molecule has 0 aliphatic heterocycles. The molecule has 0 N–H and O–H groups in total. The van der Waals surface area contributed by atoms with Crippen molar-refractivity contribution >= 4 is 17.6 Å². The van der Waals surface area contributed by atoms with E-state index in [1.807, 2.05) is 0 Å². The summed E-state index contributed by atoms with van der Waals surface area (Å²) in [6.07, 6.45) is 3.44. The number of hydrogen-bond acceptors (Lipinski definition) is 3. The number of ether oxygens (including phenoxy) is 1. The van der Waals surface area contributed by atoms with E-state index in [-0.39, 0.29) is 5.97 Å². The standard InChI is InChI=1S/C12H16ClNO2/c1-9(2)4-3-7-16-12(15)10-5-6-14-11(13)8-10/h5-6,8-9H,3-4,7H2,1-2H3. The molecule has 0 bridgehead atoms. The van der Waals surface area contributed by atoms with Crippen LogP contribution in [0.5, 0.6) is 0 Å². The van der Waals surface area contributed by atoms with Gasteiger partial charge in [-0.2, -0.15) is 0 Å². The summed E-state index contributed by atoms with van der Waals surface area (Å²) in [5.41, 5.74) is 0.449. The Kier molecular flexibility index (Phi) is 5.26. The first-order chi connectivity index (χ1) is 7.59. The minimum atomic E-state index is -0.340. The molecule has 0 unspecified atom stereocenters. The molecule has 0 fully saturated rings. The van der Waals surface area contributed by atoms with Crippen molar-refractivity contribution in [2.45, 2.75) is 26.7 Å². The average molecular weight is 242 g/mol. The third-order valence-electron chi connectivity index (χ3n) is 2.12. The fourth-order valence-corrected chi connectivity index (χ4v) is 1.44. The van der Waals surface area contributed by atoms with Gasteiger partial charge in [0, 0.05) is 6.20 Å². The SMILES string of the molecule is CC(C)CCCOC(=O)c1ccnc(Cl)c1. The van der Waals surface area contributed by atoms with Crippen molar-refractivity contribution in [3.63, 3.8) is 0 Å². The Morgan fingerprint density at radius 1 is 1.56 bits per heavy atom. The molecule has 0 saturated carbocycles. The molecule has 1 aromatic heterocycles. The molecule has 0 amide bonds. The van der Waals surface area contributed by atoms with Gasteiger partial charge in [-0.05, 0) is 30.9 Å². The van der Waals surface area contributed by atoms with E-state index in [0.717, 1.165) is 12.8 Å². The molecule has 88 valence electrons. The molecule has 0 spiro atoms.